The molecule has 3 fully saturated rings. The van der Waals surface area contributed by atoms with Gasteiger partial charge >= 0.3 is 11.9 Å². The van der Waals surface area contributed by atoms with Gasteiger partial charge in [0, 0.05) is 0 Å². The smallest absolute Gasteiger partial charge is 0.313 e. The number of carbonyl (C=O) groups excluding carboxylic acids is 1. The maximum atomic E-state index is 11.3. The van der Waals surface area contributed by atoms with Gasteiger partial charge in [-0.3, -0.25) is 9.59 Å². The summed E-state index contributed by atoms with van der Waals surface area (Å²) < 4.78 is 10.1. The number of carbonyl (C=O) groups is 2. The third kappa shape index (κ3) is 0.699. The van der Waals surface area contributed by atoms with Gasteiger partial charge in [0.25, 0.3) is 0 Å². The molecule has 3 aliphatic rings. The molecule has 0 aromatic carbocycles. The van der Waals surface area contributed by atoms with E-state index in [0.29, 0.717) is 0 Å². The van der Waals surface area contributed by atoms with E-state index < -0.39 is 48.2 Å². The van der Waals surface area contributed by atoms with Gasteiger partial charge in [-0.05, 0) is 0 Å². The van der Waals surface area contributed by atoms with Crippen molar-refractivity contribution >= 4 is 11.9 Å². The summed E-state index contributed by atoms with van der Waals surface area (Å²) in [6.45, 7) is 0. The molecule has 0 aliphatic carbocycles. The number of esters is 1. The molecule has 3 heterocycles. The number of carboxylic acid groups (broad SMARTS) is 1. The van der Waals surface area contributed by atoms with Crippen LogP contribution in [0.25, 0.3) is 0 Å². The maximum Gasteiger partial charge on any atom is 0.313 e. The first kappa shape index (κ1) is 8.19. The van der Waals surface area contributed by atoms with Gasteiger partial charge in [-0.2, -0.15) is 0 Å². The third-order valence-corrected chi connectivity index (χ3v) is 3.22. The van der Waals surface area contributed by atoms with Crippen molar-refractivity contribution in [3.8, 4) is 0 Å². The molecule has 2 bridgehead atoms. The molecule has 0 spiro atoms. The highest BCUT2D eigenvalue weighted by Gasteiger charge is 2.70. The summed E-state index contributed by atoms with van der Waals surface area (Å²) in [6.07, 6.45) is -3.01. The van der Waals surface area contributed by atoms with E-state index in [1.165, 1.54) is 0 Å². The molecule has 76 valence electrons. The first-order chi connectivity index (χ1) is 6.61. The summed E-state index contributed by atoms with van der Waals surface area (Å²) in [7, 11) is 0. The normalized spacial score (nSPS) is 53.6. The lowest BCUT2D eigenvalue weighted by Crippen LogP contribution is -2.45. The topological polar surface area (TPSA) is 93.1 Å². The molecule has 2 N–H and O–H groups in total. The summed E-state index contributed by atoms with van der Waals surface area (Å²) in [6, 6.07) is 0. The van der Waals surface area contributed by atoms with Crippen LogP contribution < -0.4 is 0 Å². The van der Waals surface area contributed by atoms with Crippen LogP contribution in [0.5, 0.6) is 0 Å². The molecule has 3 rings (SSSR count). The second-order valence-electron chi connectivity index (χ2n) is 3.85. The zero-order chi connectivity index (χ0) is 10.0. The number of aliphatic carboxylic acids is 1. The Morgan fingerprint density at radius 3 is 2.64 bits per heavy atom. The van der Waals surface area contributed by atoms with E-state index in [9.17, 15) is 14.7 Å². The van der Waals surface area contributed by atoms with Crippen LogP contribution in [0.15, 0.2) is 0 Å². The predicted molar refractivity (Wildman–Crippen MR) is 39.2 cm³/mol. The first-order valence-corrected chi connectivity index (χ1v) is 4.38. The van der Waals surface area contributed by atoms with Gasteiger partial charge in [0.05, 0.1) is 0 Å². The highest BCUT2D eigenvalue weighted by molar-refractivity contribution is 5.85. The minimum Gasteiger partial charge on any atom is -0.481 e. The molecule has 6 heteroatoms. The van der Waals surface area contributed by atoms with Crippen molar-refractivity contribution < 1.29 is 29.3 Å². The fourth-order valence-electron chi connectivity index (χ4n) is 2.64. The molecule has 0 aromatic heterocycles. The van der Waals surface area contributed by atoms with E-state index >= 15 is 0 Å². The number of aliphatic hydroxyl groups excluding tert-OH is 1. The van der Waals surface area contributed by atoms with Crippen molar-refractivity contribution in [1.29, 1.82) is 0 Å². The average Bonchev–Trinajstić information content (AvgIpc) is 2.67. The van der Waals surface area contributed by atoms with E-state index in [-0.39, 0.29) is 0 Å². The lowest BCUT2D eigenvalue weighted by atomic mass is 9.79. The Morgan fingerprint density at radius 1 is 1.29 bits per heavy atom. The second kappa shape index (κ2) is 2.26. The van der Waals surface area contributed by atoms with E-state index in [2.05, 4.69) is 0 Å². The lowest BCUT2D eigenvalue weighted by Gasteiger charge is -2.21. The number of carboxylic acids is 1. The van der Waals surface area contributed by atoms with Gasteiger partial charge in [-0.1, -0.05) is 0 Å². The third-order valence-electron chi connectivity index (χ3n) is 3.22. The first-order valence-electron chi connectivity index (χ1n) is 4.38. The van der Waals surface area contributed by atoms with Gasteiger partial charge in [0.2, 0.25) is 0 Å². The largest absolute Gasteiger partial charge is 0.481 e. The lowest BCUT2D eigenvalue weighted by molar-refractivity contribution is -0.151. The van der Waals surface area contributed by atoms with Crippen molar-refractivity contribution in [2.24, 2.45) is 11.8 Å². The van der Waals surface area contributed by atoms with E-state index in [1.807, 2.05) is 0 Å². The van der Waals surface area contributed by atoms with Crippen LogP contribution in [0.1, 0.15) is 0 Å². The number of hydrogen-bond donors (Lipinski definition) is 2. The summed E-state index contributed by atoms with van der Waals surface area (Å²) in [5, 5.41) is 18.5. The minimum atomic E-state index is -1.11. The van der Waals surface area contributed by atoms with Gasteiger partial charge in [0.15, 0.2) is 6.10 Å². The summed E-state index contributed by atoms with van der Waals surface area (Å²) in [4.78, 5) is 22.1. The van der Waals surface area contributed by atoms with Crippen molar-refractivity contribution in [1.82, 2.24) is 0 Å². The standard InChI is InChI=1S/C8H8O6/c9-3-4-1(7(10)11)2-5(13-4)6(3)14-8(2)12/h1-6,9H,(H,10,11)/t1-,2-,3-,4-,5+,6+/m0/s1. The Labute approximate surface area is 78.4 Å². The molecule has 6 nitrogen and oxygen atoms in total. The fourth-order valence-corrected chi connectivity index (χ4v) is 2.64. The van der Waals surface area contributed by atoms with E-state index in [4.69, 9.17) is 14.6 Å². The van der Waals surface area contributed by atoms with Crippen LogP contribution in [0.3, 0.4) is 0 Å². The van der Waals surface area contributed by atoms with Crippen LogP contribution in [0.2, 0.25) is 0 Å². The molecule has 3 aliphatic heterocycles. The van der Waals surface area contributed by atoms with Crippen molar-refractivity contribution in [2.75, 3.05) is 0 Å². The molecule has 6 atom stereocenters. The molecular weight excluding hydrogens is 192 g/mol. The Bertz CT molecular complexity index is 326. The average molecular weight is 200 g/mol. The van der Waals surface area contributed by atoms with E-state index in [1.54, 1.807) is 0 Å². The Balaban J connectivity index is 2.04. The highest BCUT2D eigenvalue weighted by atomic mass is 16.6. The molecule has 0 aromatic rings. The van der Waals surface area contributed by atoms with Crippen molar-refractivity contribution in [3.63, 3.8) is 0 Å². The predicted octanol–water partition coefficient (Wildman–Crippen LogP) is -1.63. The zero-order valence-electron chi connectivity index (χ0n) is 6.99. The number of fused-ring (bicyclic) bond motifs is 1. The summed E-state index contributed by atoms with van der Waals surface area (Å²) >= 11 is 0. The van der Waals surface area contributed by atoms with E-state index in [0.717, 1.165) is 0 Å². The van der Waals surface area contributed by atoms with Gasteiger partial charge in [-0.25, -0.2) is 0 Å². The van der Waals surface area contributed by atoms with Gasteiger partial charge < -0.3 is 19.7 Å². The SMILES string of the molecule is O=C(O)[C@@H]1[C@@H]2O[C@H]3[C@H](OC(=O)[C@H]31)[C@H]2O. The number of ether oxygens (including phenoxy) is 2. The Morgan fingerprint density at radius 2 is 2.00 bits per heavy atom. The Hall–Kier alpha value is -1.14. The monoisotopic (exact) mass is 200 g/mol. The zero-order valence-corrected chi connectivity index (χ0v) is 6.99. The Kier molecular flexibility index (Phi) is 1.32. The van der Waals surface area contributed by atoms with Crippen LogP contribution in [0.4, 0.5) is 0 Å². The summed E-state index contributed by atoms with van der Waals surface area (Å²) in [5.41, 5.74) is 0. The van der Waals surface area contributed by atoms with Crippen LogP contribution in [-0.4, -0.2) is 46.6 Å². The molecule has 14 heavy (non-hydrogen) atoms. The van der Waals surface area contributed by atoms with Crippen molar-refractivity contribution in [2.45, 2.75) is 24.4 Å². The molecular formula is C8H8O6. The highest BCUT2D eigenvalue weighted by Crippen LogP contribution is 2.49. The second-order valence-corrected chi connectivity index (χ2v) is 3.85. The molecule has 0 amide bonds. The molecule has 0 saturated carbocycles. The molecule has 0 unspecified atom stereocenters. The van der Waals surface area contributed by atoms with Gasteiger partial charge in [-0.15, -0.1) is 0 Å². The van der Waals surface area contributed by atoms with Crippen LogP contribution in [-0.2, 0) is 19.1 Å². The minimum absolute atomic E-state index is 0.563. The summed E-state index contributed by atoms with van der Waals surface area (Å²) in [5.74, 6) is -3.36. The van der Waals surface area contributed by atoms with Crippen LogP contribution >= 0.6 is 0 Å². The van der Waals surface area contributed by atoms with Crippen molar-refractivity contribution in [3.05, 3.63) is 0 Å². The fraction of sp³-hybridized carbons (Fsp3) is 0.750. The number of rotatable bonds is 1. The number of hydrogen-bond acceptors (Lipinski definition) is 5. The molecule has 0 radical (unpaired) electrons. The maximum absolute atomic E-state index is 11.3. The quantitative estimate of drug-likeness (QED) is 0.494. The number of aliphatic hydroxyl groups is 1. The van der Waals surface area contributed by atoms with Gasteiger partial charge in [0.1, 0.15) is 30.1 Å². The van der Waals surface area contributed by atoms with Crippen LogP contribution in [0, 0.1) is 11.8 Å². The molecule has 3 saturated heterocycles.